The molecular weight excluding hydrogens is 270 g/mol. The van der Waals surface area contributed by atoms with Crippen LogP contribution in [0.1, 0.15) is 11.1 Å². The second kappa shape index (κ2) is 6.81. The number of aromatic hydroxyl groups is 1. The molecule has 0 unspecified atom stereocenters. The van der Waals surface area contributed by atoms with Crippen LogP contribution in [0.15, 0.2) is 84.9 Å². The highest BCUT2D eigenvalue weighted by atomic mass is 16.3. The highest BCUT2D eigenvalue weighted by Gasteiger charge is 2.09. The largest absolute Gasteiger partial charge is 0.508 e. The van der Waals surface area contributed by atoms with Crippen LogP contribution in [0.5, 0.6) is 5.75 Å². The van der Waals surface area contributed by atoms with Crippen LogP contribution in [0.25, 0.3) is 0 Å². The minimum atomic E-state index is 0.295. The summed E-state index contributed by atoms with van der Waals surface area (Å²) in [6, 6.07) is 28.2. The lowest BCUT2D eigenvalue weighted by molar-refractivity contribution is 0.475. The third-order valence-electron chi connectivity index (χ3n) is 3.63. The van der Waals surface area contributed by atoms with Crippen LogP contribution < -0.4 is 4.90 Å². The van der Waals surface area contributed by atoms with Gasteiger partial charge in [0.2, 0.25) is 0 Å². The van der Waals surface area contributed by atoms with Crippen LogP contribution in [0.4, 0.5) is 5.69 Å². The van der Waals surface area contributed by atoms with Crippen molar-refractivity contribution in [1.29, 1.82) is 0 Å². The van der Waals surface area contributed by atoms with Gasteiger partial charge in [0.25, 0.3) is 0 Å². The highest BCUT2D eigenvalue weighted by molar-refractivity contribution is 5.51. The fourth-order valence-electron chi connectivity index (χ4n) is 2.54. The highest BCUT2D eigenvalue weighted by Crippen LogP contribution is 2.23. The molecule has 3 aromatic carbocycles. The molecule has 0 amide bonds. The second-order valence-corrected chi connectivity index (χ2v) is 5.35. The van der Waals surface area contributed by atoms with Crippen LogP contribution in [0.2, 0.25) is 0 Å². The second-order valence-electron chi connectivity index (χ2n) is 5.35. The van der Waals surface area contributed by atoms with Gasteiger partial charge < -0.3 is 10.0 Å². The lowest BCUT2D eigenvalue weighted by Crippen LogP contribution is -2.21. The Balaban J connectivity index is 1.88. The molecule has 3 aromatic rings. The van der Waals surface area contributed by atoms with E-state index in [0.717, 1.165) is 18.8 Å². The first kappa shape index (κ1) is 14.2. The zero-order chi connectivity index (χ0) is 15.2. The third kappa shape index (κ3) is 3.67. The summed E-state index contributed by atoms with van der Waals surface area (Å²) in [7, 11) is 0. The standard InChI is InChI=1S/C20H19NO/c22-20-13-7-12-19(14-20)21(15-17-8-3-1-4-9-17)16-18-10-5-2-6-11-18/h1-14,22H,15-16H2. The predicted molar refractivity (Wildman–Crippen MR) is 90.9 cm³/mol. The SMILES string of the molecule is Oc1cccc(N(Cc2ccccc2)Cc2ccccc2)c1. The van der Waals surface area contributed by atoms with Gasteiger partial charge in [-0.25, -0.2) is 0 Å². The van der Waals surface area contributed by atoms with Crippen LogP contribution in [-0.2, 0) is 13.1 Å². The fourth-order valence-corrected chi connectivity index (χ4v) is 2.54. The van der Waals surface area contributed by atoms with E-state index in [-0.39, 0.29) is 0 Å². The average Bonchev–Trinajstić information content (AvgIpc) is 2.56. The monoisotopic (exact) mass is 289 g/mol. The van der Waals surface area contributed by atoms with E-state index in [1.807, 2.05) is 30.3 Å². The van der Waals surface area contributed by atoms with Crippen molar-refractivity contribution in [3.63, 3.8) is 0 Å². The molecule has 0 aromatic heterocycles. The van der Waals surface area contributed by atoms with Crippen molar-refractivity contribution >= 4 is 5.69 Å². The molecule has 0 aliphatic heterocycles. The summed E-state index contributed by atoms with van der Waals surface area (Å²) in [5.41, 5.74) is 3.52. The molecular formula is C20H19NO. The van der Waals surface area contributed by atoms with Gasteiger partial charge in [-0.1, -0.05) is 66.7 Å². The van der Waals surface area contributed by atoms with Crippen molar-refractivity contribution in [2.45, 2.75) is 13.1 Å². The number of phenolic OH excluding ortho intramolecular Hbond substituents is 1. The molecule has 3 rings (SSSR count). The van der Waals surface area contributed by atoms with E-state index in [1.54, 1.807) is 6.07 Å². The van der Waals surface area contributed by atoms with E-state index in [4.69, 9.17) is 0 Å². The molecule has 0 aliphatic rings. The van der Waals surface area contributed by atoms with Crippen molar-refractivity contribution in [3.8, 4) is 5.75 Å². The lowest BCUT2D eigenvalue weighted by Gasteiger charge is -2.25. The lowest BCUT2D eigenvalue weighted by atomic mass is 10.1. The number of benzene rings is 3. The maximum Gasteiger partial charge on any atom is 0.117 e. The Bertz CT molecular complexity index is 669. The maximum absolute atomic E-state index is 9.77. The van der Waals surface area contributed by atoms with Crippen molar-refractivity contribution in [2.75, 3.05) is 4.90 Å². The van der Waals surface area contributed by atoms with Crippen LogP contribution in [0, 0.1) is 0 Å². The van der Waals surface area contributed by atoms with Gasteiger partial charge in [-0.15, -0.1) is 0 Å². The molecule has 110 valence electrons. The summed E-state index contributed by atoms with van der Waals surface area (Å²) in [4.78, 5) is 2.27. The summed E-state index contributed by atoms with van der Waals surface area (Å²) < 4.78 is 0. The Labute approximate surface area is 131 Å². The quantitative estimate of drug-likeness (QED) is 0.742. The maximum atomic E-state index is 9.77. The van der Waals surface area contributed by atoms with Gasteiger partial charge >= 0.3 is 0 Å². The zero-order valence-corrected chi connectivity index (χ0v) is 12.4. The molecule has 0 spiro atoms. The topological polar surface area (TPSA) is 23.5 Å². The summed E-state index contributed by atoms with van der Waals surface area (Å²) in [5.74, 6) is 0.295. The van der Waals surface area contributed by atoms with Gasteiger partial charge in [0.05, 0.1) is 0 Å². The van der Waals surface area contributed by atoms with Crippen molar-refractivity contribution in [1.82, 2.24) is 0 Å². The first-order valence-electron chi connectivity index (χ1n) is 7.43. The molecule has 0 saturated heterocycles. The number of phenols is 1. The molecule has 0 radical (unpaired) electrons. The smallest absolute Gasteiger partial charge is 0.117 e. The van der Waals surface area contributed by atoms with E-state index in [1.165, 1.54) is 11.1 Å². The summed E-state index contributed by atoms with van der Waals surface area (Å²) in [6.45, 7) is 1.61. The number of hydrogen-bond acceptors (Lipinski definition) is 2. The molecule has 0 saturated carbocycles. The van der Waals surface area contributed by atoms with Gasteiger partial charge in [-0.05, 0) is 23.3 Å². The van der Waals surface area contributed by atoms with E-state index in [9.17, 15) is 5.11 Å². The molecule has 0 aliphatic carbocycles. The normalized spacial score (nSPS) is 10.4. The summed E-state index contributed by atoms with van der Waals surface area (Å²) in [6.07, 6.45) is 0. The molecule has 0 fully saturated rings. The molecule has 2 heteroatoms. The summed E-state index contributed by atoms with van der Waals surface area (Å²) in [5, 5.41) is 9.77. The van der Waals surface area contributed by atoms with E-state index < -0.39 is 0 Å². The number of hydrogen-bond donors (Lipinski definition) is 1. The van der Waals surface area contributed by atoms with Gasteiger partial charge in [-0.3, -0.25) is 0 Å². The van der Waals surface area contributed by atoms with Crippen molar-refractivity contribution < 1.29 is 5.11 Å². The van der Waals surface area contributed by atoms with E-state index in [2.05, 4.69) is 53.4 Å². The fraction of sp³-hybridized carbons (Fsp3) is 0.100. The van der Waals surface area contributed by atoms with Crippen LogP contribution >= 0.6 is 0 Å². The molecule has 2 nitrogen and oxygen atoms in total. The van der Waals surface area contributed by atoms with Gasteiger partial charge in [-0.2, -0.15) is 0 Å². The average molecular weight is 289 g/mol. The number of anilines is 1. The Hall–Kier alpha value is -2.74. The Morgan fingerprint density at radius 1 is 0.636 bits per heavy atom. The van der Waals surface area contributed by atoms with Crippen LogP contribution in [0.3, 0.4) is 0 Å². The van der Waals surface area contributed by atoms with Gasteiger partial charge in [0.1, 0.15) is 5.75 Å². The predicted octanol–water partition coefficient (Wildman–Crippen LogP) is 4.60. The van der Waals surface area contributed by atoms with Gasteiger partial charge in [0.15, 0.2) is 0 Å². The van der Waals surface area contributed by atoms with Crippen LogP contribution in [-0.4, -0.2) is 5.11 Å². The minimum Gasteiger partial charge on any atom is -0.508 e. The Morgan fingerprint density at radius 2 is 1.18 bits per heavy atom. The van der Waals surface area contributed by atoms with E-state index >= 15 is 0 Å². The molecule has 22 heavy (non-hydrogen) atoms. The van der Waals surface area contributed by atoms with Crippen molar-refractivity contribution in [2.24, 2.45) is 0 Å². The Kier molecular flexibility index (Phi) is 4.40. The Morgan fingerprint density at radius 3 is 1.68 bits per heavy atom. The molecule has 0 atom stereocenters. The molecule has 1 N–H and O–H groups in total. The third-order valence-corrected chi connectivity index (χ3v) is 3.63. The minimum absolute atomic E-state index is 0.295. The zero-order valence-electron chi connectivity index (χ0n) is 12.4. The van der Waals surface area contributed by atoms with Gasteiger partial charge in [0, 0.05) is 24.8 Å². The molecule has 0 bridgehead atoms. The van der Waals surface area contributed by atoms with E-state index in [0.29, 0.717) is 5.75 Å². The summed E-state index contributed by atoms with van der Waals surface area (Å²) >= 11 is 0. The van der Waals surface area contributed by atoms with Crippen molar-refractivity contribution in [3.05, 3.63) is 96.1 Å². The molecule has 0 heterocycles. The first-order chi connectivity index (χ1) is 10.8. The first-order valence-corrected chi connectivity index (χ1v) is 7.43. The number of rotatable bonds is 5. The number of nitrogens with zero attached hydrogens (tertiary/aromatic N) is 1.